The third kappa shape index (κ3) is 3.85. The molecule has 7 nitrogen and oxygen atoms in total. The van der Waals surface area contributed by atoms with Gasteiger partial charge in [-0.2, -0.15) is 5.10 Å². The summed E-state index contributed by atoms with van der Waals surface area (Å²) in [7, 11) is 0. The molecule has 2 aliphatic rings. The van der Waals surface area contributed by atoms with Crippen molar-refractivity contribution in [1.29, 1.82) is 0 Å². The van der Waals surface area contributed by atoms with Crippen LogP contribution in [-0.4, -0.2) is 52.4 Å². The maximum Gasteiger partial charge on any atom is 0.327 e. The summed E-state index contributed by atoms with van der Waals surface area (Å²) in [6.45, 7) is 3.51. The summed E-state index contributed by atoms with van der Waals surface area (Å²) in [5.41, 5.74) is 0.442. The van der Waals surface area contributed by atoms with Gasteiger partial charge in [0, 0.05) is 5.92 Å². The molecule has 21 heavy (non-hydrogen) atoms. The van der Waals surface area contributed by atoms with E-state index in [0.29, 0.717) is 12.1 Å². The van der Waals surface area contributed by atoms with Gasteiger partial charge in [-0.25, -0.2) is 5.01 Å². The molecule has 0 aromatic rings. The number of amides is 1. The fourth-order valence-electron chi connectivity index (χ4n) is 1.73. The number of carbonyl (C=O) groups is 2. The first-order valence-corrected chi connectivity index (χ1v) is 7.21. The molecule has 1 atom stereocenters. The van der Waals surface area contributed by atoms with Crippen LogP contribution in [0.25, 0.3) is 0 Å². The molecule has 0 aromatic carbocycles. The lowest BCUT2D eigenvalue weighted by molar-refractivity contribution is -0.147. The van der Waals surface area contributed by atoms with Crippen molar-refractivity contribution in [2.45, 2.75) is 24.6 Å². The van der Waals surface area contributed by atoms with Crippen LogP contribution >= 0.6 is 23.2 Å². The van der Waals surface area contributed by atoms with Gasteiger partial charge in [0.25, 0.3) is 5.91 Å². The number of ether oxygens (including phenoxy) is 1. The van der Waals surface area contributed by atoms with Crippen molar-refractivity contribution in [2.24, 2.45) is 16.2 Å². The second kappa shape index (κ2) is 6.19. The minimum Gasteiger partial charge on any atom is -0.465 e. The van der Waals surface area contributed by atoms with Gasteiger partial charge < -0.3 is 9.57 Å². The molecule has 9 heteroatoms. The van der Waals surface area contributed by atoms with Gasteiger partial charge >= 0.3 is 5.97 Å². The van der Waals surface area contributed by atoms with Gasteiger partial charge in [0.1, 0.15) is 17.5 Å². The fraction of sp³-hybridized carbons (Fsp3) is 0.667. The molecule has 1 saturated carbocycles. The summed E-state index contributed by atoms with van der Waals surface area (Å²) < 4.78 is 4.01. The highest BCUT2D eigenvalue weighted by Crippen LogP contribution is 2.53. The lowest BCUT2D eigenvalue weighted by Crippen LogP contribution is -2.32. The Kier molecular flexibility index (Phi) is 4.73. The Bertz CT molecular complexity index is 519. The first-order chi connectivity index (χ1) is 9.85. The van der Waals surface area contributed by atoms with Gasteiger partial charge in [0.05, 0.1) is 12.3 Å². The minimum absolute atomic E-state index is 0.00886. The van der Waals surface area contributed by atoms with E-state index in [1.807, 2.05) is 0 Å². The Morgan fingerprint density at radius 2 is 2.24 bits per heavy atom. The molecule has 0 spiro atoms. The molecule has 1 amide bonds. The lowest BCUT2D eigenvalue weighted by atomic mass is 10.2. The molecule has 0 saturated heterocycles. The average molecular weight is 336 g/mol. The summed E-state index contributed by atoms with van der Waals surface area (Å²) in [4.78, 5) is 28.5. The van der Waals surface area contributed by atoms with Crippen LogP contribution in [-0.2, 0) is 19.2 Å². The van der Waals surface area contributed by atoms with E-state index in [2.05, 4.69) is 10.3 Å². The Balaban J connectivity index is 1.88. The van der Waals surface area contributed by atoms with Crippen LogP contribution < -0.4 is 0 Å². The number of oxime groups is 1. The topological polar surface area (TPSA) is 80.6 Å². The summed E-state index contributed by atoms with van der Waals surface area (Å²) in [5, 5.41) is 8.71. The zero-order chi connectivity index (χ0) is 15.6. The van der Waals surface area contributed by atoms with Gasteiger partial charge in [0.15, 0.2) is 5.71 Å². The van der Waals surface area contributed by atoms with Crippen molar-refractivity contribution in [1.82, 2.24) is 5.01 Å². The number of hydrazone groups is 1. The van der Waals surface area contributed by atoms with Gasteiger partial charge in [-0.1, -0.05) is 5.16 Å². The maximum atomic E-state index is 12.0. The van der Waals surface area contributed by atoms with E-state index in [4.69, 9.17) is 32.8 Å². The van der Waals surface area contributed by atoms with Crippen molar-refractivity contribution in [3.8, 4) is 0 Å². The number of carbonyl (C=O) groups excluding carboxylic acids is 2. The van der Waals surface area contributed by atoms with Gasteiger partial charge in [0.2, 0.25) is 0 Å². The monoisotopic (exact) mass is 335 g/mol. The molecule has 1 fully saturated rings. The normalized spacial score (nSPS) is 25.0. The fourth-order valence-corrected chi connectivity index (χ4v) is 2.23. The summed E-state index contributed by atoms with van der Waals surface area (Å²) >= 11 is 11.7. The van der Waals surface area contributed by atoms with Crippen molar-refractivity contribution in [3.05, 3.63) is 0 Å². The molecule has 1 aliphatic carbocycles. The van der Waals surface area contributed by atoms with E-state index in [0.717, 1.165) is 5.01 Å². The van der Waals surface area contributed by atoms with Crippen LogP contribution in [0.2, 0.25) is 0 Å². The minimum atomic E-state index is -0.751. The molecule has 2 rings (SSSR count). The number of esters is 1. The molecule has 0 aromatic heterocycles. The maximum absolute atomic E-state index is 12.0. The first-order valence-electron chi connectivity index (χ1n) is 6.46. The number of halogens is 2. The van der Waals surface area contributed by atoms with E-state index >= 15 is 0 Å². The van der Waals surface area contributed by atoms with E-state index in [1.54, 1.807) is 13.8 Å². The quantitative estimate of drug-likeness (QED) is 0.416. The summed E-state index contributed by atoms with van der Waals surface area (Å²) in [6.07, 6.45) is 0.636. The van der Waals surface area contributed by atoms with Crippen LogP contribution in [0.1, 0.15) is 20.3 Å². The summed E-state index contributed by atoms with van der Waals surface area (Å²) in [5.74, 6) is -1.02. The van der Waals surface area contributed by atoms with Crippen molar-refractivity contribution < 1.29 is 19.2 Å². The molecule has 0 radical (unpaired) electrons. The second-order valence-corrected chi connectivity index (χ2v) is 6.29. The Morgan fingerprint density at radius 1 is 1.57 bits per heavy atom. The standard InChI is InChI=1S/C12H15Cl2N3O4/c1-3-20-9(18)5-17-11(19)10(7(2)15-17)16-21-6-8-4-12(8,13)14/h8H,3-6H2,1-2H3. The highest BCUT2D eigenvalue weighted by molar-refractivity contribution is 6.68. The molecular weight excluding hydrogens is 321 g/mol. The number of nitrogens with zero attached hydrogens (tertiary/aromatic N) is 3. The van der Waals surface area contributed by atoms with E-state index in [1.165, 1.54) is 0 Å². The van der Waals surface area contributed by atoms with Crippen molar-refractivity contribution >= 4 is 46.5 Å². The third-order valence-electron chi connectivity index (χ3n) is 3.02. The van der Waals surface area contributed by atoms with Gasteiger partial charge in [-0.05, 0) is 20.3 Å². The average Bonchev–Trinajstić information content (AvgIpc) is 2.91. The van der Waals surface area contributed by atoms with Crippen LogP contribution in [0.5, 0.6) is 0 Å². The zero-order valence-corrected chi connectivity index (χ0v) is 13.1. The SMILES string of the molecule is CCOC(=O)CN1N=C(C)C(=NOCC2CC2(Cl)Cl)C1=O. The van der Waals surface area contributed by atoms with E-state index in [9.17, 15) is 9.59 Å². The van der Waals surface area contributed by atoms with Crippen LogP contribution in [0.15, 0.2) is 10.3 Å². The van der Waals surface area contributed by atoms with E-state index < -0.39 is 16.2 Å². The largest absolute Gasteiger partial charge is 0.465 e. The molecule has 1 heterocycles. The van der Waals surface area contributed by atoms with Gasteiger partial charge in [-0.3, -0.25) is 9.59 Å². The zero-order valence-electron chi connectivity index (χ0n) is 11.6. The Morgan fingerprint density at radius 3 is 2.81 bits per heavy atom. The lowest BCUT2D eigenvalue weighted by Gasteiger charge is -2.09. The Labute approximate surface area is 131 Å². The smallest absolute Gasteiger partial charge is 0.327 e. The molecule has 0 bridgehead atoms. The highest BCUT2D eigenvalue weighted by atomic mass is 35.5. The van der Waals surface area contributed by atoms with Gasteiger partial charge in [-0.15, -0.1) is 23.2 Å². The highest BCUT2D eigenvalue weighted by Gasteiger charge is 2.52. The number of rotatable bonds is 6. The van der Waals surface area contributed by atoms with Crippen molar-refractivity contribution in [3.63, 3.8) is 0 Å². The predicted molar refractivity (Wildman–Crippen MR) is 77.4 cm³/mol. The van der Waals surface area contributed by atoms with Crippen LogP contribution in [0.3, 0.4) is 0 Å². The second-order valence-electron chi connectivity index (χ2n) is 4.75. The number of hydrogen-bond donors (Lipinski definition) is 0. The van der Waals surface area contributed by atoms with Crippen LogP contribution in [0, 0.1) is 5.92 Å². The first kappa shape index (κ1) is 16.0. The van der Waals surface area contributed by atoms with Crippen molar-refractivity contribution in [2.75, 3.05) is 19.8 Å². The molecular formula is C12H15Cl2N3O4. The summed E-state index contributed by atoms with van der Waals surface area (Å²) in [6, 6.07) is 0. The molecule has 116 valence electrons. The Hall–Kier alpha value is -1.34. The number of hydrogen-bond acceptors (Lipinski definition) is 6. The van der Waals surface area contributed by atoms with E-state index in [-0.39, 0.29) is 31.4 Å². The molecule has 0 N–H and O–H groups in total. The molecule has 1 aliphatic heterocycles. The predicted octanol–water partition coefficient (Wildman–Crippen LogP) is 1.33. The molecule has 1 unspecified atom stereocenters. The van der Waals surface area contributed by atoms with Crippen LogP contribution in [0.4, 0.5) is 0 Å². The third-order valence-corrected chi connectivity index (χ3v) is 3.95. The number of alkyl halides is 2.